The third-order valence-corrected chi connectivity index (χ3v) is 4.51. The lowest BCUT2D eigenvalue weighted by atomic mass is 10.1. The van der Waals surface area contributed by atoms with Gasteiger partial charge in [-0.1, -0.05) is 41.4 Å². The van der Waals surface area contributed by atoms with Crippen LogP contribution in [0.1, 0.15) is 12.0 Å². The van der Waals surface area contributed by atoms with E-state index < -0.39 is 11.8 Å². The standard InChI is InChI=1S/C21H20ClFN4O2/c1-14-3-5-15(6-4-14)19-9-10-20(28)27(26-19)12-2-11-24-21(29)25-16-7-8-18(23)17(22)13-16/h3-10,13H,2,11-12H2,1H3,(H2,24,25,29). The van der Waals surface area contributed by atoms with Gasteiger partial charge in [-0.3, -0.25) is 4.79 Å². The molecule has 0 spiro atoms. The fraction of sp³-hybridized carbons (Fsp3) is 0.190. The third kappa shape index (κ3) is 5.65. The molecule has 0 aliphatic carbocycles. The van der Waals surface area contributed by atoms with Crippen LogP contribution in [-0.2, 0) is 6.54 Å². The lowest BCUT2D eigenvalue weighted by Crippen LogP contribution is -2.31. The van der Waals surface area contributed by atoms with Crippen LogP contribution >= 0.6 is 11.6 Å². The van der Waals surface area contributed by atoms with Crippen LogP contribution in [0.2, 0.25) is 5.02 Å². The molecular formula is C21H20ClFN4O2. The second-order valence-electron chi connectivity index (χ2n) is 6.51. The molecule has 0 aliphatic heterocycles. The molecule has 150 valence electrons. The maximum absolute atomic E-state index is 13.1. The van der Waals surface area contributed by atoms with E-state index in [2.05, 4.69) is 15.7 Å². The van der Waals surface area contributed by atoms with Crippen LogP contribution in [-0.4, -0.2) is 22.4 Å². The number of hydrogen-bond acceptors (Lipinski definition) is 3. The summed E-state index contributed by atoms with van der Waals surface area (Å²) in [5, 5.41) is 9.58. The van der Waals surface area contributed by atoms with Gasteiger partial charge in [0.1, 0.15) is 5.82 Å². The molecule has 2 N–H and O–H groups in total. The first-order chi connectivity index (χ1) is 13.9. The number of amides is 2. The Hall–Kier alpha value is -3.19. The quantitative estimate of drug-likeness (QED) is 0.593. The Morgan fingerprint density at radius 3 is 2.62 bits per heavy atom. The zero-order valence-corrected chi connectivity index (χ0v) is 16.5. The van der Waals surface area contributed by atoms with Gasteiger partial charge >= 0.3 is 6.03 Å². The highest BCUT2D eigenvalue weighted by atomic mass is 35.5. The normalized spacial score (nSPS) is 10.6. The molecule has 2 aromatic carbocycles. The van der Waals surface area contributed by atoms with Crippen LogP contribution in [0.25, 0.3) is 11.3 Å². The number of urea groups is 1. The van der Waals surface area contributed by atoms with E-state index in [0.29, 0.717) is 30.9 Å². The van der Waals surface area contributed by atoms with E-state index in [9.17, 15) is 14.0 Å². The van der Waals surface area contributed by atoms with E-state index in [1.807, 2.05) is 31.2 Å². The minimum atomic E-state index is -0.552. The average molecular weight is 415 g/mol. The predicted molar refractivity (Wildman–Crippen MR) is 112 cm³/mol. The second-order valence-corrected chi connectivity index (χ2v) is 6.92. The molecule has 3 rings (SSSR count). The highest BCUT2D eigenvalue weighted by Crippen LogP contribution is 2.19. The van der Waals surface area contributed by atoms with Crippen molar-refractivity contribution in [2.45, 2.75) is 19.9 Å². The van der Waals surface area contributed by atoms with E-state index in [4.69, 9.17) is 11.6 Å². The molecule has 0 atom stereocenters. The smallest absolute Gasteiger partial charge is 0.319 e. The number of nitrogens with zero attached hydrogens (tertiary/aromatic N) is 2. The number of carbonyl (C=O) groups is 1. The van der Waals surface area contributed by atoms with E-state index in [1.54, 1.807) is 6.07 Å². The third-order valence-electron chi connectivity index (χ3n) is 4.22. The van der Waals surface area contributed by atoms with E-state index in [-0.39, 0.29) is 10.6 Å². The predicted octanol–water partition coefficient (Wildman–Crippen LogP) is 4.22. The summed E-state index contributed by atoms with van der Waals surface area (Å²) in [6.07, 6.45) is 0.516. The minimum Gasteiger partial charge on any atom is -0.338 e. The summed E-state index contributed by atoms with van der Waals surface area (Å²) in [7, 11) is 0. The van der Waals surface area contributed by atoms with E-state index >= 15 is 0 Å². The number of anilines is 1. The van der Waals surface area contributed by atoms with Crippen LogP contribution in [0, 0.1) is 12.7 Å². The summed E-state index contributed by atoms with van der Waals surface area (Å²) >= 11 is 5.69. The van der Waals surface area contributed by atoms with Crippen molar-refractivity contribution in [2.24, 2.45) is 0 Å². The summed E-state index contributed by atoms with van der Waals surface area (Å²) in [4.78, 5) is 24.0. The van der Waals surface area contributed by atoms with Crippen molar-refractivity contribution in [3.63, 3.8) is 0 Å². The van der Waals surface area contributed by atoms with Gasteiger partial charge < -0.3 is 10.6 Å². The Balaban J connectivity index is 1.52. The fourth-order valence-electron chi connectivity index (χ4n) is 2.67. The van der Waals surface area contributed by atoms with Crippen molar-refractivity contribution in [1.82, 2.24) is 15.1 Å². The minimum absolute atomic E-state index is 0.0679. The Bertz CT molecular complexity index is 1070. The molecular weight excluding hydrogens is 395 g/mol. The number of hydrogen-bond donors (Lipinski definition) is 2. The molecule has 1 heterocycles. The van der Waals surface area contributed by atoms with Gasteiger partial charge in [0, 0.05) is 30.4 Å². The van der Waals surface area contributed by atoms with Gasteiger partial charge in [0.15, 0.2) is 0 Å². The average Bonchev–Trinajstić information content (AvgIpc) is 2.70. The van der Waals surface area contributed by atoms with Crippen LogP contribution in [0.3, 0.4) is 0 Å². The van der Waals surface area contributed by atoms with Gasteiger partial charge in [-0.15, -0.1) is 0 Å². The zero-order chi connectivity index (χ0) is 20.8. The summed E-state index contributed by atoms with van der Waals surface area (Å²) in [6.45, 7) is 2.71. The maximum Gasteiger partial charge on any atom is 0.319 e. The largest absolute Gasteiger partial charge is 0.338 e. The molecule has 2 amide bonds. The van der Waals surface area contributed by atoms with Crippen molar-refractivity contribution < 1.29 is 9.18 Å². The van der Waals surface area contributed by atoms with Gasteiger partial charge in [0.2, 0.25) is 0 Å². The summed E-state index contributed by atoms with van der Waals surface area (Å²) in [5.74, 6) is -0.552. The van der Waals surface area contributed by atoms with Gasteiger partial charge in [-0.25, -0.2) is 13.9 Å². The Labute approximate surface area is 172 Å². The summed E-state index contributed by atoms with van der Waals surface area (Å²) in [5.41, 5.74) is 2.97. The Morgan fingerprint density at radius 2 is 1.90 bits per heavy atom. The second kappa shape index (κ2) is 9.34. The molecule has 0 saturated carbocycles. The van der Waals surface area contributed by atoms with Crippen molar-refractivity contribution in [3.05, 3.63) is 81.4 Å². The molecule has 0 unspecified atom stereocenters. The van der Waals surface area contributed by atoms with Crippen molar-refractivity contribution in [1.29, 1.82) is 0 Å². The van der Waals surface area contributed by atoms with Crippen LogP contribution in [0.15, 0.2) is 59.4 Å². The van der Waals surface area contributed by atoms with Crippen LogP contribution < -0.4 is 16.2 Å². The lowest BCUT2D eigenvalue weighted by Gasteiger charge is -2.10. The van der Waals surface area contributed by atoms with E-state index in [1.165, 1.54) is 28.9 Å². The first-order valence-corrected chi connectivity index (χ1v) is 9.45. The first-order valence-electron chi connectivity index (χ1n) is 9.07. The molecule has 1 aromatic heterocycles. The topological polar surface area (TPSA) is 76.0 Å². The SMILES string of the molecule is Cc1ccc(-c2ccc(=O)n(CCCNC(=O)Nc3ccc(F)c(Cl)c3)n2)cc1. The molecule has 0 bridgehead atoms. The molecule has 0 saturated heterocycles. The first kappa shape index (κ1) is 20.5. The number of halogens is 2. The van der Waals surface area contributed by atoms with Crippen molar-refractivity contribution >= 4 is 23.3 Å². The molecule has 0 aliphatic rings. The molecule has 0 radical (unpaired) electrons. The van der Waals surface area contributed by atoms with Gasteiger partial charge in [-0.05, 0) is 37.6 Å². The lowest BCUT2D eigenvalue weighted by molar-refractivity contribution is 0.251. The monoisotopic (exact) mass is 414 g/mol. The zero-order valence-electron chi connectivity index (χ0n) is 15.8. The van der Waals surface area contributed by atoms with Gasteiger partial charge in [0.05, 0.1) is 10.7 Å². The molecule has 29 heavy (non-hydrogen) atoms. The highest BCUT2D eigenvalue weighted by molar-refractivity contribution is 6.31. The Kier molecular flexibility index (Phi) is 6.61. The molecule has 0 fully saturated rings. The van der Waals surface area contributed by atoms with E-state index in [0.717, 1.165) is 11.1 Å². The number of benzene rings is 2. The fourth-order valence-corrected chi connectivity index (χ4v) is 2.85. The molecule has 8 heteroatoms. The van der Waals surface area contributed by atoms with Crippen molar-refractivity contribution in [3.8, 4) is 11.3 Å². The number of carbonyl (C=O) groups excluding carboxylic acids is 1. The van der Waals surface area contributed by atoms with Crippen LogP contribution in [0.5, 0.6) is 0 Å². The number of aromatic nitrogens is 2. The van der Waals surface area contributed by atoms with Gasteiger partial charge in [-0.2, -0.15) is 5.10 Å². The summed E-state index contributed by atoms with van der Waals surface area (Å²) in [6, 6.07) is 14.6. The number of aryl methyl sites for hydroxylation is 2. The number of rotatable bonds is 6. The van der Waals surface area contributed by atoms with Crippen LogP contribution in [0.4, 0.5) is 14.9 Å². The number of nitrogens with one attached hydrogen (secondary N) is 2. The van der Waals surface area contributed by atoms with Crippen molar-refractivity contribution in [2.75, 3.05) is 11.9 Å². The van der Waals surface area contributed by atoms with Gasteiger partial charge in [0.25, 0.3) is 5.56 Å². The maximum atomic E-state index is 13.1. The summed E-state index contributed by atoms with van der Waals surface area (Å²) < 4.78 is 14.5. The Morgan fingerprint density at radius 1 is 1.14 bits per heavy atom. The molecule has 3 aromatic rings. The molecule has 6 nitrogen and oxygen atoms in total. The highest BCUT2D eigenvalue weighted by Gasteiger charge is 2.06.